The maximum Gasteiger partial charge on any atom is 0.387 e. The molecule has 1 aromatic rings. The van der Waals surface area contributed by atoms with Gasteiger partial charge in [-0.05, 0) is 44.0 Å². The zero-order valence-electron chi connectivity index (χ0n) is 16.1. The minimum atomic E-state index is -2.94. The van der Waals surface area contributed by atoms with Crippen molar-refractivity contribution in [1.82, 2.24) is 10.2 Å². The highest BCUT2D eigenvalue weighted by Crippen LogP contribution is 2.29. The van der Waals surface area contributed by atoms with E-state index in [-0.39, 0.29) is 42.4 Å². The van der Waals surface area contributed by atoms with Gasteiger partial charge in [0.15, 0.2) is 11.5 Å². The second kappa shape index (κ2) is 10.8. The van der Waals surface area contributed by atoms with Crippen LogP contribution in [0.5, 0.6) is 11.5 Å². The smallest absolute Gasteiger partial charge is 0.387 e. The molecule has 1 saturated heterocycles. The van der Waals surface area contributed by atoms with Crippen LogP contribution in [0.2, 0.25) is 0 Å². The Bertz CT molecular complexity index is 672. The van der Waals surface area contributed by atoms with E-state index in [1.54, 1.807) is 13.0 Å². The molecule has 7 nitrogen and oxygen atoms in total. The topological polar surface area (TPSA) is 77.1 Å². The molecule has 28 heavy (non-hydrogen) atoms. The fourth-order valence-electron chi connectivity index (χ4n) is 3.13. The summed E-state index contributed by atoms with van der Waals surface area (Å²) in [6.07, 6.45) is 1.60. The van der Waals surface area contributed by atoms with Crippen molar-refractivity contribution in [2.75, 3.05) is 33.4 Å². The van der Waals surface area contributed by atoms with Crippen molar-refractivity contribution in [3.05, 3.63) is 23.8 Å². The molecule has 0 saturated carbocycles. The number of benzene rings is 1. The molecule has 1 fully saturated rings. The van der Waals surface area contributed by atoms with Crippen LogP contribution in [0.3, 0.4) is 0 Å². The number of esters is 1. The van der Waals surface area contributed by atoms with Gasteiger partial charge in [-0.25, -0.2) is 0 Å². The molecule has 1 aliphatic rings. The predicted octanol–water partition coefficient (Wildman–Crippen LogP) is 2.19. The number of rotatable bonds is 9. The SMILES string of the molecule is CCOC(=O)[C@H]1CCCN(CC(=O)NCc2ccc(OC(F)F)c(OC)c2)C1. The summed E-state index contributed by atoms with van der Waals surface area (Å²) in [7, 11) is 1.35. The molecule has 1 N–H and O–H groups in total. The number of amides is 1. The first-order valence-corrected chi connectivity index (χ1v) is 9.20. The zero-order valence-corrected chi connectivity index (χ0v) is 16.1. The molecule has 1 amide bonds. The standard InChI is InChI=1S/C19H26F2N2O5/c1-3-27-18(25)14-5-4-8-23(11-14)12-17(24)22-10-13-6-7-15(28-19(20)21)16(9-13)26-2/h6-7,9,14,19H,3-5,8,10-12H2,1-2H3,(H,22,24)/t14-/m0/s1. The van der Waals surface area contributed by atoms with Gasteiger partial charge in [-0.3, -0.25) is 14.5 Å². The first kappa shape index (κ1) is 21.9. The van der Waals surface area contributed by atoms with Gasteiger partial charge in [0.25, 0.3) is 0 Å². The molecule has 0 bridgehead atoms. The number of piperidine rings is 1. The number of carbonyl (C=O) groups excluding carboxylic acids is 2. The van der Waals surface area contributed by atoms with Crippen LogP contribution in [0, 0.1) is 5.92 Å². The van der Waals surface area contributed by atoms with Crippen LogP contribution in [0.1, 0.15) is 25.3 Å². The number of alkyl halides is 2. The maximum absolute atomic E-state index is 12.4. The van der Waals surface area contributed by atoms with Crippen LogP contribution in [-0.2, 0) is 20.9 Å². The van der Waals surface area contributed by atoms with Crippen LogP contribution >= 0.6 is 0 Å². The highest BCUT2D eigenvalue weighted by Gasteiger charge is 2.27. The largest absolute Gasteiger partial charge is 0.493 e. The summed E-state index contributed by atoms with van der Waals surface area (Å²) in [5.41, 5.74) is 0.690. The number of ether oxygens (including phenoxy) is 3. The summed E-state index contributed by atoms with van der Waals surface area (Å²) < 4.78 is 39.2. The van der Waals surface area contributed by atoms with Crippen molar-refractivity contribution in [1.29, 1.82) is 0 Å². The van der Waals surface area contributed by atoms with E-state index in [1.165, 1.54) is 19.2 Å². The molecule has 0 aliphatic carbocycles. The molecular weight excluding hydrogens is 374 g/mol. The van der Waals surface area contributed by atoms with Gasteiger partial charge in [0.1, 0.15) is 0 Å². The van der Waals surface area contributed by atoms with Crippen molar-refractivity contribution < 1.29 is 32.6 Å². The molecule has 1 aliphatic heterocycles. The number of hydrogen-bond donors (Lipinski definition) is 1. The first-order chi connectivity index (χ1) is 13.4. The quantitative estimate of drug-likeness (QED) is 0.641. The van der Waals surface area contributed by atoms with E-state index in [9.17, 15) is 18.4 Å². The van der Waals surface area contributed by atoms with Crippen molar-refractivity contribution in [2.45, 2.75) is 32.9 Å². The number of hydrogen-bond acceptors (Lipinski definition) is 6. The summed E-state index contributed by atoms with van der Waals surface area (Å²) in [5, 5.41) is 2.79. The van der Waals surface area contributed by atoms with Crippen LogP contribution in [0.25, 0.3) is 0 Å². The molecule has 2 rings (SSSR count). The Balaban J connectivity index is 1.84. The Kier molecular flexibility index (Phi) is 8.43. The lowest BCUT2D eigenvalue weighted by Crippen LogP contribution is -2.44. The molecule has 0 unspecified atom stereocenters. The van der Waals surface area contributed by atoms with E-state index >= 15 is 0 Å². The molecule has 1 atom stereocenters. The van der Waals surface area contributed by atoms with E-state index in [4.69, 9.17) is 9.47 Å². The van der Waals surface area contributed by atoms with Crippen LogP contribution in [-0.4, -0.2) is 56.7 Å². The van der Waals surface area contributed by atoms with Crippen molar-refractivity contribution in [3.8, 4) is 11.5 Å². The fourth-order valence-corrected chi connectivity index (χ4v) is 3.13. The van der Waals surface area contributed by atoms with E-state index in [2.05, 4.69) is 10.1 Å². The molecule has 0 radical (unpaired) electrons. The van der Waals surface area contributed by atoms with E-state index in [0.717, 1.165) is 19.4 Å². The Hall–Kier alpha value is -2.42. The number of likely N-dealkylation sites (tertiary alicyclic amines) is 1. The summed E-state index contributed by atoms with van der Waals surface area (Å²) in [5.74, 6) is -0.499. The number of carbonyl (C=O) groups is 2. The monoisotopic (exact) mass is 400 g/mol. The summed E-state index contributed by atoms with van der Waals surface area (Å²) in [4.78, 5) is 26.0. The summed E-state index contributed by atoms with van der Waals surface area (Å²) in [6, 6.07) is 4.49. The number of methoxy groups -OCH3 is 1. The average Bonchev–Trinajstić information content (AvgIpc) is 2.67. The van der Waals surface area contributed by atoms with E-state index in [1.807, 2.05) is 4.90 Å². The molecule has 1 heterocycles. The minimum absolute atomic E-state index is 0.0640. The molecule has 0 aromatic heterocycles. The Morgan fingerprint density at radius 1 is 1.32 bits per heavy atom. The van der Waals surface area contributed by atoms with Gasteiger partial charge in [-0.1, -0.05) is 6.07 Å². The fraction of sp³-hybridized carbons (Fsp3) is 0.579. The third kappa shape index (κ3) is 6.63. The number of nitrogens with zero attached hydrogens (tertiary/aromatic N) is 1. The second-order valence-corrected chi connectivity index (χ2v) is 6.47. The first-order valence-electron chi connectivity index (χ1n) is 9.20. The van der Waals surface area contributed by atoms with Gasteiger partial charge < -0.3 is 19.5 Å². The average molecular weight is 400 g/mol. The van der Waals surface area contributed by atoms with Crippen molar-refractivity contribution in [2.24, 2.45) is 5.92 Å². The highest BCUT2D eigenvalue weighted by atomic mass is 19.3. The molecular formula is C19H26F2N2O5. The number of nitrogens with one attached hydrogen (secondary N) is 1. The summed E-state index contributed by atoms with van der Waals surface area (Å²) in [6.45, 7) is 0.825. The third-order valence-corrected chi connectivity index (χ3v) is 4.43. The summed E-state index contributed by atoms with van der Waals surface area (Å²) >= 11 is 0. The lowest BCUT2D eigenvalue weighted by molar-refractivity contribution is -0.150. The van der Waals surface area contributed by atoms with Crippen LogP contribution in [0.4, 0.5) is 8.78 Å². The van der Waals surface area contributed by atoms with Gasteiger partial charge in [0.2, 0.25) is 5.91 Å². The molecule has 9 heteroatoms. The van der Waals surface area contributed by atoms with Crippen LogP contribution < -0.4 is 14.8 Å². The third-order valence-electron chi connectivity index (χ3n) is 4.43. The normalized spacial score (nSPS) is 17.2. The van der Waals surface area contributed by atoms with Crippen LogP contribution in [0.15, 0.2) is 18.2 Å². The Labute approximate surface area is 162 Å². The lowest BCUT2D eigenvalue weighted by Gasteiger charge is -2.30. The van der Waals surface area contributed by atoms with Gasteiger partial charge in [0, 0.05) is 13.1 Å². The number of halogens is 2. The highest BCUT2D eigenvalue weighted by molar-refractivity contribution is 5.78. The zero-order chi connectivity index (χ0) is 20.5. The molecule has 1 aromatic carbocycles. The minimum Gasteiger partial charge on any atom is -0.493 e. The second-order valence-electron chi connectivity index (χ2n) is 6.47. The van der Waals surface area contributed by atoms with Crippen molar-refractivity contribution in [3.63, 3.8) is 0 Å². The van der Waals surface area contributed by atoms with E-state index in [0.29, 0.717) is 18.7 Å². The Morgan fingerprint density at radius 2 is 2.11 bits per heavy atom. The van der Waals surface area contributed by atoms with Gasteiger partial charge in [-0.15, -0.1) is 0 Å². The Morgan fingerprint density at radius 3 is 2.79 bits per heavy atom. The molecule has 0 spiro atoms. The maximum atomic E-state index is 12.4. The van der Waals surface area contributed by atoms with Gasteiger partial charge in [0.05, 0.1) is 26.2 Å². The van der Waals surface area contributed by atoms with Crippen molar-refractivity contribution >= 4 is 11.9 Å². The molecule has 156 valence electrons. The predicted molar refractivity (Wildman–Crippen MR) is 97.3 cm³/mol. The van der Waals surface area contributed by atoms with E-state index < -0.39 is 6.61 Å². The van der Waals surface area contributed by atoms with Gasteiger partial charge >= 0.3 is 12.6 Å². The van der Waals surface area contributed by atoms with Gasteiger partial charge in [-0.2, -0.15) is 8.78 Å². The lowest BCUT2D eigenvalue weighted by atomic mass is 9.98.